The maximum absolute atomic E-state index is 12.8. The highest BCUT2D eigenvalue weighted by Gasteiger charge is 2.09. The molecule has 72 valence electrons. The standard InChI is InChI=1S/C9H8FN3S/c1-5-8(13-9(11)14-5)6-3-2-4-7(10)12-6/h2-4H,1H3,(H2,11,13). The first-order valence-corrected chi connectivity index (χ1v) is 4.84. The van der Waals surface area contributed by atoms with Crippen LogP contribution in [-0.4, -0.2) is 9.97 Å². The SMILES string of the molecule is Cc1sc(N)nc1-c1cccc(F)n1. The van der Waals surface area contributed by atoms with Crippen molar-refractivity contribution >= 4 is 16.5 Å². The first kappa shape index (κ1) is 9.08. The Morgan fingerprint density at radius 2 is 2.14 bits per heavy atom. The minimum Gasteiger partial charge on any atom is -0.375 e. The van der Waals surface area contributed by atoms with Crippen LogP contribution in [0.4, 0.5) is 9.52 Å². The van der Waals surface area contributed by atoms with E-state index >= 15 is 0 Å². The Labute approximate surface area is 84.4 Å². The highest BCUT2D eigenvalue weighted by atomic mass is 32.1. The molecule has 3 nitrogen and oxygen atoms in total. The minimum atomic E-state index is -0.506. The van der Waals surface area contributed by atoms with Crippen LogP contribution in [-0.2, 0) is 0 Å². The molecule has 0 amide bonds. The van der Waals surface area contributed by atoms with Gasteiger partial charge in [-0.05, 0) is 19.1 Å². The number of halogens is 1. The molecular formula is C9H8FN3S. The number of nitrogens with zero attached hydrogens (tertiary/aromatic N) is 2. The minimum absolute atomic E-state index is 0.476. The number of nitrogen functional groups attached to an aromatic ring is 1. The monoisotopic (exact) mass is 209 g/mol. The lowest BCUT2D eigenvalue weighted by molar-refractivity contribution is 0.585. The van der Waals surface area contributed by atoms with Crippen LogP contribution in [0.15, 0.2) is 18.2 Å². The van der Waals surface area contributed by atoms with Crippen molar-refractivity contribution in [2.45, 2.75) is 6.92 Å². The Hall–Kier alpha value is -1.49. The van der Waals surface area contributed by atoms with Crippen molar-refractivity contribution in [2.24, 2.45) is 0 Å². The summed E-state index contributed by atoms with van der Waals surface area (Å²) in [5, 5.41) is 0.476. The molecule has 2 aromatic rings. The van der Waals surface area contributed by atoms with Crippen LogP contribution < -0.4 is 5.73 Å². The fraction of sp³-hybridized carbons (Fsp3) is 0.111. The number of aromatic nitrogens is 2. The first-order chi connectivity index (χ1) is 6.66. The van der Waals surface area contributed by atoms with Gasteiger partial charge in [-0.1, -0.05) is 6.07 Å². The second-order valence-corrected chi connectivity index (χ2v) is 4.04. The largest absolute Gasteiger partial charge is 0.375 e. The number of rotatable bonds is 1. The van der Waals surface area contributed by atoms with Crippen LogP contribution in [0.1, 0.15) is 4.88 Å². The van der Waals surface area contributed by atoms with E-state index < -0.39 is 5.95 Å². The van der Waals surface area contributed by atoms with Crippen molar-refractivity contribution in [2.75, 3.05) is 5.73 Å². The zero-order chi connectivity index (χ0) is 10.1. The van der Waals surface area contributed by atoms with Gasteiger partial charge in [0.2, 0.25) is 5.95 Å². The van der Waals surface area contributed by atoms with Gasteiger partial charge in [0.05, 0.1) is 5.69 Å². The molecule has 14 heavy (non-hydrogen) atoms. The number of aryl methyl sites for hydroxylation is 1. The zero-order valence-corrected chi connectivity index (χ0v) is 8.31. The van der Waals surface area contributed by atoms with Crippen LogP contribution in [0.5, 0.6) is 0 Å². The summed E-state index contributed by atoms with van der Waals surface area (Å²) in [6.45, 7) is 1.88. The Morgan fingerprint density at radius 3 is 2.71 bits per heavy atom. The molecule has 0 atom stereocenters. The number of hydrogen-bond donors (Lipinski definition) is 1. The Balaban J connectivity index is 2.54. The van der Waals surface area contributed by atoms with Crippen molar-refractivity contribution in [3.05, 3.63) is 29.0 Å². The normalized spacial score (nSPS) is 10.4. The fourth-order valence-electron chi connectivity index (χ4n) is 1.19. The molecular weight excluding hydrogens is 201 g/mol. The van der Waals surface area contributed by atoms with Crippen LogP contribution in [0.2, 0.25) is 0 Å². The van der Waals surface area contributed by atoms with Gasteiger partial charge in [-0.15, -0.1) is 11.3 Å². The summed E-state index contributed by atoms with van der Waals surface area (Å²) in [7, 11) is 0. The predicted molar refractivity (Wildman–Crippen MR) is 54.5 cm³/mol. The molecule has 0 aromatic carbocycles. The first-order valence-electron chi connectivity index (χ1n) is 4.02. The molecule has 0 spiro atoms. The van der Waals surface area contributed by atoms with Crippen molar-refractivity contribution in [3.8, 4) is 11.4 Å². The van der Waals surface area contributed by atoms with Gasteiger partial charge >= 0.3 is 0 Å². The van der Waals surface area contributed by atoms with E-state index in [0.717, 1.165) is 4.88 Å². The van der Waals surface area contributed by atoms with E-state index in [-0.39, 0.29) is 0 Å². The smallest absolute Gasteiger partial charge is 0.213 e. The molecule has 2 rings (SSSR count). The second-order valence-electron chi connectivity index (χ2n) is 2.80. The number of hydrogen-bond acceptors (Lipinski definition) is 4. The Bertz CT molecular complexity index is 467. The summed E-state index contributed by atoms with van der Waals surface area (Å²) < 4.78 is 12.8. The fourth-order valence-corrected chi connectivity index (χ4v) is 1.89. The van der Waals surface area contributed by atoms with E-state index in [2.05, 4.69) is 9.97 Å². The number of pyridine rings is 1. The zero-order valence-electron chi connectivity index (χ0n) is 7.49. The summed E-state index contributed by atoms with van der Waals surface area (Å²) >= 11 is 1.37. The number of nitrogens with two attached hydrogens (primary N) is 1. The molecule has 0 aliphatic rings. The maximum Gasteiger partial charge on any atom is 0.213 e. The molecule has 2 N–H and O–H groups in total. The summed E-state index contributed by atoms with van der Waals surface area (Å²) in [5.41, 5.74) is 6.72. The summed E-state index contributed by atoms with van der Waals surface area (Å²) in [5.74, 6) is -0.506. The molecule has 2 aromatic heterocycles. The molecule has 0 aliphatic carbocycles. The van der Waals surface area contributed by atoms with Gasteiger partial charge in [0.15, 0.2) is 5.13 Å². The second kappa shape index (κ2) is 3.34. The van der Waals surface area contributed by atoms with Gasteiger partial charge in [-0.2, -0.15) is 4.39 Å². The molecule has 0 fully saturated rings. The lowest BCUT2D eigenvalue weighted by Gasteiger charge is -1.96. The van der Waals surface area contributed by atoms with Crippen LogP contribution in [0, 0.1) is 12.9 Å². The molecule has 2 heterocycles. The van der Waals surface area contributed by atoms with Gasteiger partial charge in [-0.25, -0.2) is 9.97 Å². The van der Waals surface area contributed by atoms with Gasteiger partial charge in [0.25, 0.3) is 0 Å². The highest BCUT2D eigenvalue weighted by Crippen LogP contribution is 2.27. The maximum atomic E-state index is 12.8. The molecule has 0 saturated carbocycles. The van der Waals surface area contributed by atoms with Gasteiger partial charge < -0.3 is 5.73 Å². The molecule has 0 unspecified atom stereocenters. The van der Waals surface area contributed by atoms with Crippen molar-refractivity contribution < 1.29 is 4.39 Å². The van der Waals surface area contributed by atoms with Crippen LogP contribution in [0.25, 0.3) is 11.4 Å². The average molecular weight is 209 g/mol. The van der Waals surface area contributed by atoms with Crippen molar-refractivity contribution in [1.82, 2.24) is 9.97 Å². The van der Waals surface area contributed by atoms with Crippen molar-refractivity contribution in [3.63, 3.8) is 0 Å². The Kier molecular flexibility index (Phi) is 2.17. The molecule has 5 heteroatoms. The van der Waals surface area contributed by atoms with E-state index in [1.54, 1.807) is 12.1 Å². The number of anilines is 1. The van der Waals surface area contributed by atoms with Crippen LogP contribution >= 0.6 is 11.3 Å². The predicted octanol–water partition coefficient (Wildman–Crippen LogP) is 2.23. The summed E-state index contributed by atoms with van der Waals surface area (Å²) in [4.78, 5) is 8.77. The highest BCUT2D eigenvalue weighted by molar-refractivity contribution is 7.15. The van der Waals surface area contributed by atoms with Crippen LogP contribution in [0.3, 0.4) is 0 Å². The lowest BCUT2D eigenvalue weighted by Crippen LogP contribution is -1.89. The molecule has 0 aliphatic heterocycles. The quantitative estimate of drug-likeness (QED) is 0.733. The van der Waals surface area contributed by atoms with E-state index in [1.807, 2.05) is 6.92 Å². The topological polar surface area (TPSA) is 51.8 Å². The molecule has 0 bridgehead atoms. The Morgan fingerprint density at radius 1 is 1.36 bits per heavy atom. The third-order valence-electron chi connectivity index (χ3n) is 1.77. The summed E-state index contributed by atoms with van der Waals surface area (Å²) in [6, 6.07) is 4.62. The van der Waals surface area contributed by atoms with Gasteiger partial charge in [0.1, 0.15) is 5.69 Å². The molecule has 0 saturated heterocycles. The van der Waals surface area contributed by atoms with E-state index in [9.17, 15) is 4.39 Å². The summed E-state index contributed by atoms with van der Waals surface area (Å²) in [6.07, 6.45) is 0. The molecule has 0 radical (unpaired) electrons. The van der Waals surface area contributed by atoms with Gasteiger partial charge in [-0.3, -0.25) is 0 Å². The van der Waals surface area contributed by atoms with E-state index in [1.165, 1.54) is 17.4 Å². The third-order valence-corrected chi connectivity index (χ3v) is 2.57. The van der Waals surface area contributed by atoms with Crippen molar-refractivity contribution in [1.29, 1.82) is 0 Å². The average Bonchev–Trinajstić information content (AvgIpc) is 2.45. The lowest BCUT2D eigenvalue weighted by atomic mass is 10.2. The van der Waals surface area contributed by atoms with E-state index in [4.69, 9.17) is 5.73 Å². The van der Waals surface area contributed by atoms with Gasteiger partial charge in [0, 0.05) is 4.88 Å². The number of thiazole rings is 1. The third kappa shape index (κ3) is 1.58. The van der Waals surface area contributed by atoms with E-state index in [0.29, 0.717) is 16.5 Å².